The average Bonchev–Trinajstić information content (AvgIpc) is 2.67. The largest absolute Gasteiger partial charge is 0.496 e. The van der Waals surface area contributed by atoms with E-state index >= 15 is 0 Å². The van der Waals surface area contributed by atoms with Crippen molar-refractivity contribution in [2.45, 2.75) is 0 Å². The molecular formula is C8H8N5O2+. The van der Waals surface area contributed by atoms with Gasteiger partial charge in [-0.05, 0) is 4.98 Å². The molecule has 0 aliphatic heterocycles. The van der Waals surface area contributed by atoms with Gasteiger partial charge in [-0.1, -0.05) is 0 Å². The molecule has 0 unspecified atom stereocenters. The number of aromatic nitrogens is 4. The number of aryl methyl sites for hydroxylation is 1. The molecule has 7 nitrogen and oxygen atoms in total. The van der Waals surface area contributed by atoms with Crippen molar-refractivity contribution in [3.05, 3.63) is 25.7 Å². The fraction of sp³-hybridized carbons (Fsp3) is 0.250. The molecular weight excluding hydrogens is 198 g/mol. The molecule has 0 aromatic carbocycles. The number of rotatable bonds is 0. The Labute approximate surface area is 83.4 Å². The van der Waals surface area contributed by atoms with Crippen LogP contribution in [0.15, 0.2) is 9.59 Å². The van der Waals surface area contributed by atoms with Crippen molar-refractivity contribution in [2.24, 2.45) is 14.1 Å². The van der Waals surface area contributed by atoms with E-state index in [1.165, 1.54) is 18.7 Å². The van der Waals surface area contributed by atoms with Crippen LogP contribution in [0.4, 0.5) is 5.95 Å². The summed E-state index contributed by atoms with van der Waals surface area (Å²) in [6.45, 7) is 5.02. The molecule has 1 N–H and O–H groups in total. The highest BCUT2D eigenvalue weighted by molar-refractivity contribution is 5.72. The zero-order chi connectivity index (χ0) is 11.2. The number of fused-ring (bicyclic) bond motifs is 1. The second kappa shape index (κ2) is 2.81. The number of hydrogen-bond donors (Lipinski definition) is 1. The van der Waals surface area contributed by atoms with Crippen LogP contribution in [0.5, 0.6) is 0 Å². The van der Waals surface area contributed by atoms with Gasteiger partial charge in [0.25, 0.3) is 11.2 Å². The van der Waals surface area contributed by atoms with Crippen LogP contribution in [0.25, 0.3) is 16.0 Å². The maximum atomic E-state index is 11.6. The Morgan fingerprint density at radius 1 is 1.33 bits per heavy atom. The molecule has 0 radical (unpaired) electrons. The molecule has 0 atom stereocenters. The first-order valence-electron chi connectivity index (χ1n) is 4.13. The summed E-state index contributed by atoms with van der Waals surface area (Å²) in [5, 5.41) is 0. The number of nitrogens with one attached hydrogen (secondary N) is 1. The van der Waals surface area contributed by atoms with Gasteiger partial charge in [-0.25, -0.2) is 9.78 Å². The van der Waals surface area contributed by atoms with Gasteiger partial charge in [0.1, 0.15) is 6.57 Å². The lowest BCUT2D eigenvalue weighted by atomic mass is 10.5. The van der Waals surface area contributed by atoms with E-state index in [0.717, 1.165) is 4.57 Å². The Morgan fingerprint density at radius 2 is 2.00 bits per heavy atom. The summed E-state index contributed by atoms with van der Waals surface area (Å²) >= 11 is 0. The van der Waals surface area contributed by atoms with Crippen LogP contribution < -0.4 is 11.2 Å². The minimum atomic E-state index is -0.449. The van der Waals surface area contributed by atoms with Crippen molar-refractivity contribution < 1.29 is 0 Å². The predicted molar refractivity (Wildman–Crippen MR) is 54.5 cm³/mol. The molecule has 2 aromatic rings. The van der Waals surface area contributed by atoms with E-state index in [2.05, 4.69) is 14.8 Å². The molecule has 15 heavy (non-hydrogen) atoms. The number of hydrogen-bond acceptors (Lipinski definition) is 3. The summed E-state index contributed by atoms with van der Waals surface area (Å²) in [5.74, 6) is 0.114. The fourth-order valence-electron chi connectivity index (χ4n) is 1.37. The summed E-state index contributed by atoms with van der Waals surface area (Å²) in [7, 11) is 2.91. The topological polar surface area (TPSA) is 77.0 Å². The normalized spacial score (nSPS) is 10.5. The summed E-state index contributed by atoms with van der Waals surface area (Å²) in [4.78, 5) is 33.0. The van der Waals surface area contributed by atoms with Gasteiger partial charge >= 0.3 is 11.6 Å². The zero-order valence-corrected chi connectivity index (χ0v) is 8.18. The van der Waals surface area contributed by atoms with Crippen LogP contribution in [-0.2, 0) is 14.1 Å². The van der Waals surface area contributed by atoms with Gasteiger partial charge in [0.2, 0.25) is 5.52 Å². The van der Waals surface area contributed by atoms with E-state index in [0.29, 0.717) is 0 Å². The average molecular weight is 206 g/mol. The molecule has 0 bridgehead atoms. The molecule has 76 valence electrons. The van der Waals surface area contributed by atoms with Gasteiger partial charge in [-0.3, -0.25) is 13.9 Å². The lowest BCUT2D eigenvalue weighted by molar-refractivity contribution is 0.709. The second-order valence-electron chi connectivity index (χ2n) is 3.09. The highest BCUT2D eigenvalue weighted by Crippen LogP contribution is 2.10. The van der Waals surface area contributed by atoms with Crippen molar-refractivity contribution in [2.75, 3.05) is 0 Å². The van der Waals surface area contributed by atoms with Crippen molar-refractivity contribution >= 4 is 17.1 Å². The standard InChI is InChI=1S/C8H7N5O2/c1-9-7-10-4-5(11-7)12(2)8(15)13(3)6(4)14/h1H,2-3H3/p+1. The molecule has 7 heteroatoms. The lowest BCUT2D eigenvalue weighted by Gasteiger charge is -1.97. The predicted octanol–water partition coefficient (Wildman–Crippen LogP) is -0.446. The molecule has 2 rings (SSSR count). The van der Waals surface area contributed by atoms with Crippen LogP contribution in [0.3, 0.4) is 0 Å². The number of imidazole rings is 1. The first-order chi connectivity index (χ1) is 7.06. The Bertz CT molecular complexity index is 697. The van der Waals surface area contributed by atoms with E-state index in [-0.39, 0.29) is 17.1 Å². The van der Waals surface area contributed by atoms with Crippen molar-refractivity contribution in [3.8, 4) is 6.57 Å². The smallest absolute Gasteiger partial charge is 0.265 e. The van der Waals surface area contributed by atoms with Crippen molar-refractivity contribution in [1.82, 2.24) is 19.1 Å². The highest BCUT2D eigenvalue weighted by Gasteiger charge is 2.19. The minimum absolute atomic E-state index is 0.114. The summed E-state index contributed by atoms with van der Waals surface area (Å²) in [6.07, 6.45) is 0. The van der Waals surface area contributed by atoms with Crippen LogP contribution in [0, 0.1) is 6.57 Å². The van der Waals surface area contributed by atoms with Gasteiger partial charge in [-0.15, -0.1) is 0 Å². The number of nitrogens with zero attached hydrogens (tertiary/aromatic N) is 4. The Morgan fingerprint density at radius 3 is 2.60 bits per heavy atom. The maximum absolute atomic E-state index is 11.6. The molecule has 0 fully saturated rings. The molecule has 2 aromatic heterocycles. The first-order valence-corrected chi connectivity index (χ1v) is 4.13. The zero-order valence-electron chi connectivity index (χ0n) is 8.18. The second-order valence-corrected chi connectivity index (χ2v) is 3.09. The number of aromatic amines is 1. The van der Waals surface area contributed by atoms with Gasteiger partial charge in [0, 0.05) is 14.1 Å². The Balaban J connectivity index is 3.13. The lowest BCUT2D eigenvalue weighted by Crippen LogP contribution is -2.36. The van der Waals surface area contributed by atoms with E-state index in [9.17, 15) is 9.59 Å². The van der Waals surface area contributed by atoms with Crippen LogP contribution in [0.1, 0.15) is 0 Å². The van der Waals surface area contributed by atoms with Gasteiger partial charge in [0.15, 0.2) is 0 Å². The van der Waals surface area contributed by atoms with Crippen molar-refractivity contribution in [3.63, 3.8) is 0 Å². The molecule has 0 amide bonds. The summed E-state index contributed by atoms with van der Waals surface area (Å²) in [6, 6.07) is 0. The minimum Gasteiger partial charge on any atom is -0.265 e. The Kier molecular flexibility index (Phi) is 1.73. The first kappa shape index (κ1) is 9.21. The molecule has 0 saturated heterocycles. The van der Waals surface area contributed by atoms with Crippen LogP contribution >= 0.6 is 0 Å². The monoisotopic (exact) mass is 206 g/mol. The van der Waals surface area contributed by atoms with Crippen molar-refractivity contribution in [1.29, 1.82) is 0 Å². The van der Waals surface area contributed by atoms with Crippen LogP contribution in [-0.4, -0.2) is 19.1 Å². The van der Waals surface area contributed by atoms with Crippen LogP contribution in [0.2, 0.25) is 0 Å². The third-order valence-corrected chi connectivity index (χ3v) is 2.20. The maximum Gasteiger partial charge on any atom is 0.496 e. The molecule has 0 aliphatic rings. The molecule has 0 saturated carbocycles. The van der Waals surface area contributed by atoms with E-state index in [4.69, 9.17) is 6.57 Å². The number of H-pyrrole nitrogens is 1. The van der Waals surface area contributed by atoms with E-state index < -0.39 is 11.2 Å². The SMILES string of the molecule is C#[N+]c1nc2c([nH]1)c(=O)n(C)c(=O)n2C. The summed E-state index contributed by atoms with van der Waals surface area (Å²) in [5.41, 5.74) is -0.436. The molecule has 2 heterocycles. The quantitative estimate of drug-likeness (QED) is 0.634. The highest BCUT2D eigenvalue weighted by atomic mass is 16.2. The Hall–Kier alpha value is -2.36. The van der Waals surface area contributed by atoms with Gasteiger partial charge < -0.3 is 0 Å². The van der Waals surface area contributed by atoms with Gasteiger partial charge in [-0.2, -0.15) is 4.85 Å². The van der Waals surface area contributed by atoms with E-state index in [1.54, 1.807) is 0 Å². The summed E-state index contributed by atoms with van der Waals surface area (Å²) < 4.78 is 2.24. The third-order valence-electron chi connectivity index (χ3n) is 2.20. The molecule has 0 spiro atoms. The van der Waals surface area contributed by atoms with Gasteiger partial charge in [0.05, 0.1) is 0 Å². The molecule has 0 aliphatic carbocycles. The van der Waals surface area contributed by atoms with E-state index in [1.807, 2.05) is 0 Å². The third kappa shape index (κ3) is 1.08. The fourth-order valence-corrected chi connectivity index (χ4v) is 1.37.